The van der Waals surface area contributed by atoms with E-state index in [-0.39, 0.29) is 17.6 Å². The van der Waals surface area contributed by atoms with Crippen molar-refractivity contribution in [3.05, 3.63) is 70.5 Å². The molecule has 1 saturated heterocycles. The predicted octanol–water partition coefficient (Wildman–Crippen LogP) is 3.37. The third-order valence-corrected chi connectivity index (χ3v) is 6.29. The minimum atomic E-state index is -0.391. The number of carbonyl (C=O) groups excluding carboxylic acids is 1. The van der Waals surface area contributed by atoms with Gasteiger partial charge in [-0.2, -0.15) is 0 Å². The molecule has 0 spiro atoms. The Hall–Kier alpha value is -2.64. The van der Waals surface area contributed by atoms with Gasteiger partial charge < -0.3 is 10.1 Å². The Kier molecular flexibility index (Phi) is 6.50. The number of nitrogens with zero attached hydrogens (tertiary/aromatic N) is 2. The molecule has 0 bridgehead atoms. The van der Waals surface area contributed by atoms with Crippen LogP contribution in [0.2, 0.25) is 0 Å². The maximum Gasteiger partial charge on any atom is 0.262 e. The van der Waals surface area contributed by atoms with Crippen molar-refractivity contribution < 1.29 is 9.53 Å². The molecular weight excluding hydrogens is 398 g/mol. The highest BCUT2D eigenvalue weighted by atomic mass is 32.2. The summed E-state index contributed by atoms with van der Waals surface area (Å²) < 4.78 is 7.41. The van der Waals surface area contributed by atoms with Crippen molar-refractivity contribution in [2.75, 3.05) is 6.61 Å². The van der Waals surface area contributed by atoms with Gasteiger partial charge in [0.2, 0.25) is 5.91 Å². The van der Waals surface area contributed by atoms with E-state index in [1.807, 2.05) is 55.5 Å². The van der Waals surface area contributed by atoms with Crippen LogP contribution in [0.5, 0.6) is 0 Å². The molecule has 1 aliphatic heterocycles. The number of hydrogen-bond acceptors (Lipinski definition) is 5. The first-order valence-electron chi connectivity index (χ1n) is 10.2. The lowest BCUT2D eigenvalue weighted by Gasteiger charge is -2.18. The zero-order valence-corrected chi connectivity index (χ0v) is 17.7. The molecule has 156 valence electrons. The van der Waals surface area contributed by atoms with Crippen molar-refractivity contribution >= 4 is 28.6 Å². The third kappa shape index (κ3) is 4.74. The molecule has 2 atom stereocenters. The molecule has 2 aromatic carbocycles. The first-order chi connectivity index (χ1) is 14.6. The molecule has 2 heterocycles. The standard InChI is InChI=1S/C23H25N3O3S/c1-16(21(27)24-14-17-8-3-2-4-9-17)30-23-25-20-12-6-5-11-19(20)22(28)26(23)15-18-10-7-13-29-18/h2-6,8-9,11-12,16,18H,7,10,13-15H2,1H3,(H,24,27). The van der Waals surface area contributed by atoms with Crippen LogP contribution in [0, 0.1) is 0 Å². The summed E-state index contributed by atoms with van der Waals surface area (Å²) in [7, 11) is 0. The number of ether oxygens (including phenoxy) is 1. The minimum Gasteiger partial charge on any atom is -0.376 e. The van der Waals surface area contributed by atoms with E-state index in [9.17, 15) is 9.59 Å². The quantitative estimate of drug-likeness (QED) is 0.466. The van der Waals surface area contributed by atoms with Crippen molar-refractivity contribution in [2.24, 2.45) is 0 Å². The van der Waals surface area contributed by atoms with Crippen LogP contribution in [0.15, 0.2) is 64.5 Å². The molecule has 0 aliphatic carbocycles. The number of fused-ring (bicyclic) bond motifs is 1. The van der Waals surface area contributed by atoms with Crippen LogP contribution in [0.25, 0.3) is 10.9 Å². The summed E-state index contributed by atoms with van der Waals surface area (Å²) in [6.45, 7) is 3.49. The minimum absolute atomic E-state index is 0.00669. The fraction of sp³-hybridized carbons (Fsp3) is 0.348. The molecule has 4 rings (SSSR count). The zero-order chi connectivity index (χ0) is 20.9. The number of rotatable bonds is 7. The highest BCUT2D eigenvalue weighted by Crippen LogP contribution is 2.24. The van der Waals surface area contributed by atoms with Crippen LogP contribution in [-0.2, 0) is 22.6 Å². The number of benzene rings is 2. The van der Waals surface area contributed by atoms with Crippen LogP contribution < -0.4 is 10.9 Å². The summed E-state index contributed by atoms with van der Waals surface area (Å²) in [5.74, 6) is -0.0880. The van der Waals surface area contributed by atoms with Crippen molar-refractivity contribution in [3.63, 3.8) is 0 Å². The van der Waals surface area contributed by atoms with Crippen molar-refractivity contribution in [3.8, 4) is 0 Å². The molecule has 1 aromatic heterocycles. The Bertz CT molecular complexity index is 1080. The molecule has 1 N–H and O–H groups in total. The number of para-hydroxylation sites is 1. The van der Waals surface area contributed by atoms with E-state index in [1.54, 1.807) is 10.6 Å². The lowest BCUT2D eigenvalue weighted by atomic mass is 10.2. The van der Waals surface area contributed by atoms with Crippen molar-refractivity contribution in [2.45, 2.75) is 49.4 Å². The Morgan fingerprint density at radius 1 is 1.23 bits per heavy atom. The van der Waals surface area contributed by atoms with E-state index < -0.39 is 5.25 Å². The summed E-state index contributed by atoms with van der Waals surface area (Å²) in [6.07, 6.45) is 1.93. The second kappa shape index (κ2) is 9.45. The van der Waals surface area contributed by atoms with Gasteiger partial charge in [0.15, 0.2) is 5.16 Å². The van der Waals surface area contributed by atoms with Gasteiger partial charge in [-0.05, 0) is 37.5 Å². The maximum atomic E-state index is 13.2. The van der Waals surface area contributed by atoms with E-state index >= 15 is 0 Å². The zero-order valence-electron chi connectivity index (χ0n) is 16.9. The van der Waals surface area contributed by atoms with Gasteiger partial charge >= 0.3 is 0 Å². The van der Waals surface area contributed by atoms with Crippen LogP contribution in [0.1, 0.15) is 25.3 Å². The van der Waals surface area contributed by atoms with E-state index in [2.05, 4.69) is 5.32 Å². The molecular formula is C23H25N3O3S. The monoisotopic (exact) mass is 423 g/mol. The molecule has 1 fully saturated rings. The highest BCUT2D eigenvalue weighted by molar-refractivity contribution is 8.00. The Balaban J connectivity index is 1.55. The maximum absolute atomic E-state index is 13.2. The van der Waals surface area contributed by atoms with Gasteiger partial charge in [-0.25, -0.2) is 4.98 Å². The molecule has 1 aliphatic rings. The average molecular weight is 424 g/mol. The van der Waals surface area contributed by atoms with E-state index in [0.29, 0.717) is 29.1 Å². The lowest BCUT2D eigenvalue weighted by Crippen LogP contribution is -2.33. The van der Waals surface area contributed by atoms with Crippen LogP contribution in [0.4, 0.5) is 0 Å². The molecule has 2 unspecified atom stereocenters. The number of carbonyl (C=O) groups is 1. The normalized spacial score (nSPS) is 17.2. The first-order valence-corrected chi connectivity index (χ1v) is 11.1. The Labute approximate surface area is 179 Å². The van der Waals surface area contributed by atoms with Crippen LogP contribution in [-0.4, -0.2) is 33.4 Å². The van der Waals surface area contributed by atoms with Gasteiger partial charge in [-0.3, -0.25) is 14.2 Å². The van der Waals surface area contributed by atoms with Crippen molar-refractivity contribution in [1.29, 1.82) is 0 Å². The molecule has 30 heavy (non-hydrogen) atoms. The predicted molar refractivity (Wildman–Crippen MR) is 119 cm³/mol. The molecule has 7 heteroatoms. The first kappa shape index (κ1) is 20.6. The summed E-state index contributed by atoms with van der Waals surface area (Å²) >= 11 is 1.31. The van der Waals surface area contributed by atoms with Crippen molar-refractivity contribution in [1.82, 2.24) is 14.9 Å². The fourth-order valence-corrected chi connectivity index (χ4v) is 4.47. The van der Waals surface area contributed by atoms with Crippen LogP contribution in [0.3, 0.4) is 0 Å². The number of thioether (sulfide) groups is 1. The average Bonchev–Trinajstić information content (AvgIpc) is 3.28. The van der Waals surface area contributed by atoms with Gasteiger partial charge in [0, 0.05) is 13.2 Å². The molecule has 0 radical (unpaired) electrons. The van der Waals surface area contributed by atoms with E-state index in [0.717, 1.165) is 25.0 Å². The second-order valence-corrected chi connectivity index (χ2v) is 8.73. The number of amides is 1. The summed E-state index contributed by atoms with van der Waals surface area (Å²) in [4.78, 5) is 30.5. The topological polar surface area (TPSA) is 73.2 Å². The Morgan fingerprint density at radius 3 is 2.77 bits per heavy atom. The third-order valence-electron chi connectivity index (χ3n) is 5.20. The number of hydrogen-bond donors (Lipinski definition) is 1. The summed E-state index contributed by atoms with van der Waals surface area (Å²) in [5, 5.41) is 3.71. The van der Waals surface area contributed by atoms with Gasteiger partial charge in [-0.1, -0.05) is 54.2 Å². The molecule has 6 nitrogen and oxygen atoms in total. The van der Waals surface area contributed by atoms with E-state index in [4.69, 9.17) is 9.72 Å². The molecule has 3 aromatic rings. The summed E-state index contributed by atoms with van der Waals surface area (Å²) in [5.41, 5.74) is 1.60. The van der Waals surface area contributed by atoms with Gasteiger partial charge in [0.25, 0.3) is 5.56 Å². The van der Waals surface area contributed by atoms with Gasteiger partial charge in [0.05, 0.1) is 28.8 Å². The van der Waals surface area contributed by atoms with E-state index in [1.165, 1.54) is 11.8 Å². The fourth-order valence-electron chi connectivity index (χ4n) is 3.53. The second-order valence-electron chi connectivity index (χ2n) is 7.43. The van der Waals surface area contributed by atoms with Gasteiger partial charge in [-0.15, -0.1) is 0 Å². The highest BCUT2D eigenvalue weighted by Gasteiger charge is 2.23. The summed E-state index contributed by atoms with van der Waals surface area (Å²) in [6, 6.07) is 17.1. The smallest absolute Gasteiger partial charge is 0.262 e. The SMILES string of the molecule is CC(Sc1nc2ccccc2c(=O)n1CC1CCCO1)C(=O)NCc1ccccc1. The molecule has 1 amide bonds. The van der Waals surface area contributed by atoms with Crippen LogP contribution >= 0.6 is 11.8 Å². The lowest BCUT2D eigenvalue weighted by molar-refractivity contribution is -0.120. The largest absolute Gasteiger partial charge is 0.376 e. The molecule has 0 saturated carbocycles. The Morgan fingerprint density at radius 2 is 2.00 bits per heavy atom. The number of nitrogens with one attached hydrogen (secondary N) is 1. The number of aromatic nitrogens is 2. The van der Waals surface area contributed by atoms with Gasteiger partial charge in [0.1, 0.15) is 0 Å².